The number of nitrogens with two attached hydrogens (primary N) is 1. The largest absolute Gasteiger partial charge is 0.477 e. The van der Waals surface area contributed by atoms with Crippen LogP contribution in [0.3, 0.4) is 0 Å². The molecule has 0 aliphatic rings. The molecule has 0 atom stereocenters. The molecule has 0 amide bonds. The van der Waals surface area contributed by atoms with E-state index in [2.05, 4.69) is 10.2 Å². The minimum absolute atomic E-state index is 0.470. The fraction of sp³-hybridized carbons (Fsp3) is 0.571. The standard InChI is InChI=1S/C7H13N3O/c1-3-11-7-6(4-8)5(2)9-10-7/h3-4,8H2,1-2H3,(H,9,10). The average Bonchev–Trinajstić information content (AvgIpc) is 2.33. The Hall–Kier alpha value is -1.03. The van der Waals surface area contributed by atoms with Gasteiger partial charge in [0.15, 0.2) is 0 Å². The Morgan fingerprint density at radius 1 is 1.64 bits per heavy atom. The van der Waals surface area contributed by atoms with Gasteiger partial charge in [-0.2, -0.15) is 0 Å². The monoisotopic (exact) mass is 155 g/mol. The number of ether oxygens (including phenoxy) is 1. The molecule has 0 unspecified atom stereocenters. The van der Waals surface area contributed by atoms with Gasteiger partial charge in [-0.1, -0.05) is 0 Å². The molecular weight excluding hydrogens is 142 g/mol. The van der Waals surface area contributed by atoms with Crippen molar-refractivity contribution in [2.75, 3.05) is 6.61 Å². The number of aromatic amines is 1. The van der Waals surface area contributed by atoms with Crippen LogP contribution < -0.4 is 10.5 Å². The van der Waals surface area contributed by atoms with Gasteiger partial charge in [-0.05, 0) is 13.8 Å². The number of nitrogens with zero attached hydrogens (tertiary/aromatic N) is 1. The summed E-state index contributed by atoms with van der Waals surface area (Å²) in [5.74, 6) is 0.632. The van der Waals surface area contributed by atoms with E-state index < -0.39 is 0 Å². The van der Waals surface area contributed by atoms with Crippen molar-refractivity contribution >= 4 is 0 Å². The highest BCUT2D eigenvalue weighted by Crippen LogP contribution is 2.16. The van der Waals surface area contributed by atoms with E-state index in [0.717, 1.165) is 11.3 Å². The third-order valence-corrected chi connectivity index (χ3v) is 1.52. The van der Waals surface area contributed by atoms with Gasteiger partial charge in [0, 0.05) is 17.8 Å². The van der Waals surface area contributed by atoms with Gasteiger partial charge < -0.3 is 10.5 Å². The average molecular weight is 155 g/mol. The van der Waals surface area contributed by atoms with E-state index in [1.54, 1.807) is 0 Å². The van der Waals surface area contributed by atoms with E-state index in [9.17, 15) is 0 Å². The number of H-pyrrole nitrogens is 1. The van der Waals surface area contributed by atoms with Crippen molar-refractivity contribution in [2.24, 2.45) is 5.73 Å². The lowest BCUT2D eigenvalue weighted by atomic mass is 10.2. The molecule has 1 rings (SSSR count). The van der Waals surface area contributed by atoms with Crippen LogP contribution in [0.25, 0.3) is 0 Å². The zero-order valence-corrected chi connectivity index (χ0v) is 6.85. The quantitative estimate of drug-likeness (QED) is 0.671. The molecule has 1 aromatic rings. The summed E-state index contributed by atoms with van der Waals surface area (Å²) in [5.41, 5.74) is 7.43. The molecule has 0 aliphatic carbocycles. The third-order valence-electron chi connectivity index (χ3n) is 1.52. The fourth-order valence-electron chi connectivity index (χ4n) is 0.926. The molecule has 11 heavy (non-hydrogen) atoms. The number of nitrogens with one attached hydrogen (secondary N) is 1. The number of hydrogen-bond acceptors (Lipinski definition) is 3. The second kappa shape index (κ2) is 3.39. The van der Waals surface area contributed by atoms with Crippen molar-refractivity contribution in [1.82, 2.24) is 10.2 Å². The van der Waals surface area contributed by atoms with Gasteiger partial charge in [-0.15, -0.1) is 5.10 Å². The summed E-state index contributed by atoms with van der Waals surface area (Å²) in [6, 6.07) is 0. The topological polar surface area (TPSA) is 63.9 Å². The van der Waals surface area contributed by atoms with Gasteiger partial charge in [0.25, 0.3) is 0 Å². The highest BCUT2D eigenvalue weighted by Gasteiger charge is 2.07. The molecule has 62 valence electrons. The van der Waals surface area contributed by atoms with E-state index in [1.165, 1.54) is 0 Å². The first-order chi connectivity index (χ1) is 5.29. The summed E-state index contributed by atoms with van der Waals surface area (Å²) in [6.07, 6.45) is 0. The van der Waals surface area contributed by atoms with Gasteiger partial charge in [0.1, 0.15) is 0 Å². The van der Waals surface area contributed by atoms with Crippen molar-refractivity contribution in [1.29, 1.82) is 0 Å². The second-order valence-corrected chi connectivity index (χ2v) is 2.27. The Labute approximate surface area is 65.7 Å². The minimum atomic E-state index is 0.470. The Bertz CT molecular complexity index is 232. The Balaban J connectivity index is 2.86. The van der Waals surface area contributed by atoms with Crippen molar-refractivity contribution in [3.63, 3.8) is 0 Å². The van der Waals surface area contributed by atoms with Crippen LogP contribution in [0.1, 0.15) is 18.2 Å². The maximum absolute atomic E-state index is 5.49. The molecule has 0 radical (unpaired) electrons. The lowest BCUT2D eigenvalue weighted by Gasteiger charge is -1.99. The zero-order chi connectivity index (χ0) is 8.27. The van der Waals surface area contributed by atoms with E-state index in [0.29, 0.717) is 19.0 Å². The molecule has 0 saturated carbocycles. The molecule has 0 aliphatic heterocycles. The predicted molar refractivity (Wildman–Crippen MR) is 42.4 cm³/mol. The molecule has 3 N–H and O–H groups in total. The van der Waals surface area contributed by atoms with Crippen molar-refractivity contribution in [2.45, 2.75) is 20.4 Å². The molecule has 0 spiro atoms. The van der Waals surface area contributed by atoms with Crippen LogP contribution in [0.5, 0.6) is 5.88 Å². The summed E-state index contributed by atoms with van der Waals surface area (Å²) < 4.78 is 5.23. The zero-order valence-electron chi connectivity index (χ0n) is 6.85. The van der Waals surface area contributed by atoms with Crippen LogP contribution in [0.2, 0.25) is 0 Å². The predicted octanol–water partition coefficient (Wildman–Crippen LogP) is 0.576. The van der Waals surface area contributed by atoms with Crippen molar-refractivity contribution in [3.8, 4) is 5.88 Å². The van der Waals surface area contributed by atoms with Gasteiger partial charge in [-0.25, -0.2) is 0 Å². The number of aromatic nitrogens is 2. The molecule has 1 aromatic heterocycles. The van der Waals surface area contributed by atoms with Crippen molar-refractivity contribution < 1.29 is 4.74 Å². The molecule has 1 heterocycles. The Kier molecular flexibility index (Phi) is 2.48. The molecule has 4 heteroatoms. The fourth-order valence-corrected chi connectivity index (χ4v) is 0.926. The number of rotatable bonds is 3. The summed E-state index contributed by atoms with van der Waals surface area (Å²) in [4.78, 5) is 0. The first-order valence-corrected chi connectivity index (χ1v) is 3.66. The number of aryl methyl sites for hydroxylation is 1. The molecule has 4 nitrogen and oxygen atoms in total. The van der Waals surface area contributed by atoms with Crippen LogP contribution in [-0.2, 0) is 6.54 Å². The Morgan fingerprint density at radius 2 is 2.36 bits per heavy atom. The van der Waals surface area contributed by atoms with E-state index in [-0.39, 0.29) is 0 Å². The summed E-state index contributed by atoms with van der Waals surface area (Å²) >= 11 is 0. The van der Waals surface area contributed by atoms with Gasteiger partial charge >= 0.3 is 0 Å². The van der Waals surface area contributed by atoms with Crippen LogP contribution in [0.4, 0.5) is 0 Å². The van der Waals surface area contributed by atoms with Crippen LogP contribution in [0.15, 0.2) is 0 Å². The van der Waals surface area contributed by atoms with Crippen LogP contribution >= 0.6 is 0 Å². The molecule has 0 bridgehead atoms. The molecule has 0 saturated heterocycles. The highest BCUT2D eigenvalue weighted by atomic mass is 16.5. The molecule has 0 fully saturated rings. The highest BCUT2D eigenvalue weighted by molar-refractivity contribution is 5.29. The normalized spacial score (nSPS) is 10.1. The number of hydrogen-bond donors (Lipinski definition) is 2. The van der Waals surface area contributed by atoms with E-state index in [1.807, 2.05) is 13.8 Å². The first-order valence-electron chi connectivity index (χ1n) is 3.66. The van der Waals surface area contributed by atoms with Crippen molar-refractivity contribution in [3.05, 3.63) is 11.3 Å². The maximum atomic E-state index is 5.49. The van der Waals surface area contributed by atoms with Gasteiger partial charge in [0.05, 0.1) is 6.61 Å². The summed E-state index contributed by atoms with van der Waals surface area (Å²) in [6.45, 7) is 4.94. The Morgan fingerprint density at radius 3 is 2.91 bits per heavy atom. The summed E-state index contributed by atoms with van der Waals surface area (Å²) in [7, 11) is 0. The maximum Gasteiger partial charge on any atom is 0.237 e. The van der Waals surface area contributed by atoms with E-state index in [4.69, 9.17) is 10.5 Å². The van der Waals surface area contributed by atoms with Gasteiger partial charge in [0.2, 0.25) is 5.88 Å². The molecular formula is C7H13N3O. The first kappa shape index (κ1) is 8.07. The summed E-state index contributed by atoms with van der Waals surface area (Å²) in [5, 5.41) is 6.77. The third kappa shape index (κ3) is 1.51. The second-order valence-electron chi connectivity index (χ2n) is 2.27. The van der Waals surface area contributed by atoms with E-state index >= 15 is 0 Å². The van der Waals surface area contributed by atoms with Crippen LogP contribution in [-0.4, -0.2) is 16.8 Å². The lowest BCUT2D eigenvalue weighted by molar-refractivity contribution is 0.323. The van der Waals surface area contributed by atoms with Crippen LogP contribution in [0, 0.1) is 6.92 Å². The smallest absolute Gasteiger partial charge is 0.237 e. The molecule has 0 aromatic carbocycles. The minimum Gasteiger partial charge on any atom is -0.477 e. The lowest BCUT2D eigenvalue weighted by Crippen LogP contribution is -2.01. The van der Waals surface area contributed by atoms with Gasteiger partial charge in [-0.3, -0.25) is 5.10 Å². The SMILES string of the molecule is CCOc1n[nH]c(C)c1CN.